The summed E-state index contributed by atoms with van der Waals surface area (Å²) in [4.78, 5) is 11.8. The number of amides is 1. The maximum atomic E-state index is 13.0. The van der Waals surface area contributed by atoms with Gasteiger partial charge in [0.15, 0.2) is 0 Å². The summed E-state index contributed by atoms with van der Waals surface area (Å²) >= 11 is 7.29. The summed E-state index contributed by atoms with van der Waals surface area (Å²) in [5, 5.41) is 3.37. The summed E-state index contributed by atoms with van der Waals surface area (Å²) in [6.45, 7) is 0. The quantitative estimate of drug-likeness (QED) is 0.819. The van der Waals surface area contributed by atoms with Crippen LogP contribution in [0, 0.1) is 5.82 Å². The molecule has 3 nitrogen and oxygen atoms in total. The number of nitrogens with two attached hydrogens (primary N) is 1. The number of nitrogen functional groups attached to an aromatic ring is 1. The molecule has 2 aromatic carbocycles. The zero-order valence-corrected chi connectivity index (χ0v) is 12.7. The molecule has 0 heterocycles. The lowest BCUT2D eigenvalue weighted by atomic mass is 10.2. The number of hydrogen-bond donors (Lipinski definition) is 2. The van der Waals surface area contributed by atoms with E-state index in [0.29, 0.717) is 16.5 Å². The Morgan fingerprint density at radius 1 is 1.24 bits per heavy atom. The van der Waals surface area contributed by atoms with Crippen LogP contribution in [0.5, 0.6) is 0 Å². The average molecular weight is 325 g/mol. The molecule has 0 saturated heterocycles. The molecule has 0 aliphatic heterocycles. The van der Waals surface area contributed by atoms with E-state index in [0.717, 1.165) is 11.3 Å². The zero-order valence-electron chi connectivity index (χ0n) is 11.1. The summed E-state index contributed by atoms with van der Waals surface area (Å²) in [5.41, 5.74) is 7.05. The van der Waals surface area contributed by atoms with Crippen molar-refractivity contribution in [1.29, 1.82) is 0 Å². The second-order valence-corrected chi connectivity index (χ2v) is 5.83. The van der Waals surface area contributed by atoms with Gasteiger partial charge < -0.3 is 11.1 Å². The first-order valence-electron chi connectivity index (χ1n) is 6.21. The molecule has 0 fully saturated rings. The number of nitrogens with one attached hydrogen (secondary N) is 1. The van der Waals surface area contributed by atoms with Gasteiger partial charge >= 0.3 is 0 Å². The van der Waals surface area contributed by atoms with Crippen LogP contribution in [0.1, 0.15) is 5.56 Å². The van der Waals surface area contributed by atoms with Crippen LogP contribution in [0.15, 0.2) is 42.5 Å². The summed E-state index contributed by atoms with van der Waals surface area (Å²) < 4.78 is 13.0. The van der Waals surface area contributed by atoms with Gasteiger partial charge in [0.25, 0.3) is 0 Å². The minimum atomic E-state index is -0.495. The van der Waals surface area contributed by atoms with Gasteiger partial charge in [0.05, 0.1) is 11.4 Å². The number of anilines is 2. The molecular weight excluding hydrogens is 311 g/mol. The second-order valence-electron chi connectivity index (χ2n) is 4.40. The smallest absolute Gasteiger partial charge is 0.234 e. The number of carbonyl (C=O) groups is 1. The lowest BCUT2D eigenvalue weighted by Crippen LogP contribution is -2.14. The molecule has 0 unspecified atom stereocenters. The summed E-state index contributed by atoms with van der Waals surface area (Å²) in [6, 6.07) is 11.6. The largest absolute Gasteiger partial charge is 0.396 e. The van der Waals surface area contributed by atoms with Crippen molar-refractivity contribution in [3.8, 4) is 0 Å². The van der Waals surface area contributed by atoms with E-state index in [1.54, 1.807) is 0 Å². The van der Waals surface area contributed by atoms with Crippen molar-refractivity contribution in [3.63, 3.8) is 0 Å². The number of benzene rings is 2. The van der Waals surface area contributed by atoms with Crippen LogP contribution in [0.3, 0.4) is 0 Å². The molecule has 0 atom stereocenters. The Labute approximate surface area is 131 Å². The molecular formula is C15H14ClFN2OS. The highest BCUT2D eigenvalue weighted by molar-refractivity contribution is 7.99. The average Bonchev–Trinajstić information content (AvgIpc) is 2.45. The first-order chi connectivity index (χ1) is 10.0. The van der Waals surface area contributed by atoms with Crippen molar-refractivity contribution in [1.82, 2.24) is 0 Å². The molecule has 2 rings (SSSR count). The Morgan fingerprint density at radius 2 is 1.95 bits per heavy atom. The van der Waals surface area contributed by atoms with E-state index in [4.69, 9.17) is 17.3 Å². The molecule has 1 amide bonds. The van der Waals surface area contributed by atoms with Crippen LogP contribution in [-0.2, 0) is 10.5 Å². The van der Waals surface area contributed by atoms with Crippen molar-refractivity contribution in [3.05, 3.63) is 58.9 Å². The van der Waals surface area contributed by atoms with Crippen molar-refractivity contribution in [2.24, 2.45) is 0 Å². The van der Waals surface area contributed by atoms with Gasteiger partial charge in [-0.2, -0.15) is 0 Å². The van der Waals surface area contributed by atoms with Gasteiger partial charge in [-0.1, -0.05) is 23.7 Å². The lowest BCUT2D eigenvalue weighted by molar-refractivity contribution is -0.113. The first kappa shape index (κ1) is 15.7. The maximum absolute atomic E-state index is 13.0. The third-order valence-corrected chi connectivity index (χ3v) is 3.95. The van der Waals surface area contributed by atoms with Gasteiger partial charge in [0, 0.05) is 16.5 Å². The topological polar surface area (TPSA) is 55.1 Å². The van der Waals surface area contributed by atoms with Crippen molar-refractivity contribution in [2.45, 2.75) is 5.75 Å². The van der Waals surface area contributed by atoms with Crippen LogP contribution < -0.4 is 11.1 Å². The Bertz CT molecular complexity index is 634. The standard InChI is InChI=1S/C15H14ClFN2OS/c16-11-3-1-10(2-4-11)8-21-9-15(20)19-12-5-6-13(17)14(18)7-12/h1-7H,8-9,18H2,(H,19,20). The molecule has 0 spiro atoms. The van der Waals surface area contributed by atoms with E-state index in [9.17, 15) is 9.18 Å². The van der Waals surface area contributed by atoms with Crippen LogP contribution in [0.25, 0.3) is 0 Å². The fraction of sp³-hybridized carbons (Fsp3) is 0.133. The van der Waals surface area contributed by atoms with E-state index < -0.39 is 5.82 Å². The first-order valence-corrected chi connectivity index (χ1v) is 7.75. The van der Waals surface area contributed by atoms with Crippen LogP contribution in [0.2, 0.25) is 5.02 Å². The van der Waals surface area contributed by atoms with Crippen LogP contribution in [0.4, 0.5) is 15.8 Å². The van der Waals surface area contributed by atoms with Gasteiger partial charge in [0.1, 0.15) is 5.82 Å². The third-order valence-electron chi connectivity index (χ3n) is 2.69. The van der Waals surface area contributed by atoms with Crippen molar-refractivity contribution >= 4 is 40.6 Å². The number of carbonyl (C=O) groups excluding carboxylic acids is 1. The minimum absolute atomic E-state index is 0.0154. The van der Waals surface area contributed by atoms with E-state index in [1.165, 1.54) is 30.0 Å². The second kappa shape index (κ2) is 7.33. The number of rotatable bonds is 5. The predicted octanol–water partition coefficient (Wildman–Crippen LogP) is 3.93. The number of thioether (sulfide) groups is 1. The van der Waals surface area contributed by atoms with Crippen molar-refractivity contribution in [2.75, 3.05) is 16.8 Å². The minimum Gasteiger partial charge on any atom is -0.396 e. The van der Waals surface area contributed by atoms with Gasteiger partial charge in [-0.3, -0.25) is 4.79 Å². The number of halogens is 2. The Hall–Kier alpha value is -1.72. The van der Waals surface area contributed by atoms with E-state index in [2.05, 4.69) is 5.32 Å². The maximum Gasteiger partial charge on any atom is 0.234 e. The fourth-order valence-corrected chi connectivity index (χ4v) is 2.57. The van der Waals surface area contributed by atoms with Gasteiger partial charge in [-0.15, -0.1) is 11.8 Å². The molecule has 0 radical (unpaired) electrons. The predicted molar refractivity (Wildman–Crippen MR) is 87.1 cm³/mol. The monoisotopic (exact) mass is 324 g/mol. The molecule has 6 heteroatoms. The van der Waals surface area contributed by atoms with E-state index >= 15 is 0 Å². The Balaban J connectivity index is 1.79. The molecule has 0 aliphatic carbocycles. The van der Waals surface area contributed by atoms with Gasteiger partial charge in [-0.05, 0) is 35.9 Å². The van der Waals surface area contributed by atoms with Crippen LogP contribution in [-0.4, -0.2) is 11.7 Å². The van der Waals surface area contributed by atoms with Gasteiger partial charge in [0.2, 0.25) is 5.91 Å². The summed E-state index contributed by atoms with van der Waals surface area (Å²) in [5.74, 6) is 0.376. The molecule has 0 saturated carbocycles. The SMILES string of the molecule is Nc1cc(NC(=O)CSCc2ccc(Cl)cc2)ccc1F. The molecule has 0 aromatic heterocycles. The molecule has 2 aromatic rings. The fourth-order valence-electron chi connectivity index (χ4n) is 1.66. The zero-order chi connectivity index (χ0) is 15.2. The van der Waals surface area contributed by atoms with E-state index in [-0.39, 0.29) is 11.6 Å². The van der Waals surface area contributed by atoms with E-state index in [1.807, 2.05) is 24.3 Å². The molecule has 21 heavy (non-hydrogen) atoms. The highest BCUT2D eigenvalue weighted by Gasteiger charge is 2.05. The molecule has 0 bridgehead atoms. The highest BCUT2D eigenvalue weighted by atomic mass is 35.5. The third kappa shape index (κ3) is 4.95. The normalized spacial score (nSPS) is 10.4. The Morgan fingerprint density at radius 3 is 2.62 bits per heavy atom. The summed E-state index contributed by atoms with van der Waals surface area (Å²) in [6.07, 6.45) is 0. The number of hydrogen-bond acceptors (Lipinski definition) is 3. The molecule has 0 aliphatic rings. The van der Waals surface area contributed by atoms with Gasteiger partial charge in [-0.25, -0.2) is 4.39 Å². The van der Waals surface area contributed by atoms with Crippen LogP contribution >= 0.6 is 23.4 Å². The lowest BCUT2D eigenvalue weighted by Gasteiger charge is -2.06. The highest BCUT2D eigenvalue weighted by Crippen LogP contribution is 2.18. The molecule has 3 N–H and O–H groups in total. The molecule has 110 valence electrons. The van der Waals surface area contributed by atoms with Crippen molar-refractivity contribution < 1.29 is 9.18 Å². The Kier molecular flexibility index (Phi) is 5.47. The summed E-state index contributed by atoms with van der Waals surface area (Å²) in [7, 11) is 0.